The van der Waals surface area contributed by atoms with Gasteiger partial charge in [-0.25, -0.2) is 4.39 Å². The molecule has 1 amide bonds. The van der Waals surface area contributed by atoms with E-state index in [1.807, 2.05) is 24.3 Å². The number of hydrogen-bond acceptors (Lipinski definition) is 3. The number of fused-ring (bicyclic) bond motifs is 2. The molecule has 23 heavy (non-hydrogen) atoms. The van der Waals surface area contributed by atoms with E-state index in [4.69, 9.17) is 4.74 Å². The molecule has 0 spiro atoms. The molecule has 2 heterocycles. The SMILES string of the molecule is COc1cccc(F)c1-c1c2c(nc3ccccc13)CNC2=O. The number of rotatable bonds is 2. The zero-order chi connectivity index (χ0) is 16.0. The Labute approximate surface area is 131 Å². The van der Waals surface area contributed by atoms with Crippen molar-refractivity contribution in [3.63, 3.8) is 0 Å². The van der Waals surface area contributed by atoms with Gasteiger partial charge in [0.2, 0.25) is 0 Å². The highest BCUT2D eigenvalue weighted by atomic mass is 19.1. The van der Waals surface area contributed by atoms with Crippen LogP contribution in [0.3, 0.4) is 0 Å². The number of nitrogens with one attached hydrogen (secondary N) is 1. The summed E-state index contributed by atoms with van der Waals surface area (Å²) in [5.74, 6) is -0.274. The Morgan fingerprint density at radius 1 is 1.09 bits per heavy atom. The van der Waals surface area contributed by atoms with Crippen LogP contribution in [0.5, 0.6) is 5.75 Å². The van der Waals surface area contributed by atoms with Crippen molar-refractivity contribution in [2.24, 2.45) is 0 Å². The number of pyridine rings is 1. The van der Waals surface area contributed by atoms with Gasteiger partial charge >= 0.3 is 0 Å². The van der Waals surface area contributed by atoms with Crippen LogP contribution in [-0.4, -0.2) is 18.0 Å². The van der Waals surface area contributed by atoms with Crippen LogP contribution in [0.4, 0.5) is 4.39 Å². The summed E-state index contributed by atoms with van der Waals surface area (Å²) in [6.45, 7) is 0.350. The minimum absolute atomic E-state index is 0.237. The Morgan fingerprint density at radius 2 is 1.91 bits per heavy atom. The second-order valence-electron chi connectivity index (χ2n) is 5.33. The van der Waals surface area contributed by atoms with E-state index in [1.165, 1.54) is 13.2 Å². The van der Waals surface area contributed by atoms with Crippen molar-refractivity contribution < 1.29 is 13.9 Å². The first kappa shape index (κ1) is 13.7. The van der Waals surface area contributed by atoms with Gasteiger partial charge in [-0.2, -0.15) is 0 Å². The molecule has 1 aliphatic rings. The third-order valence-corrected chi connectivity index (χ3v) is 4.06. The summed E-state index contributed by atoms with van der Waals surface area (Å²) in [7, 11) is 1.49. The fourth-order valence-corrected chi connectivity index (χ4v) is 3.06. The Hall–Kier alpha value is -2.95. The lowest BCUT2D eigenvalue weighted by Gasteiger charge is -2.15. The summed E-state index contributed by atoms with van der Waals surface area (Å²) in [5.41, 5.74) is 2.61. The fraction of sp³-hybridized carbons (Fsp3) is 0.111. The summed E-state index contributed by atoms with van der Waals surface area (Å²) in [6, 6.07) is 12.1. The van der Waals surface area contributed by atoms with Crippen LogP contribution in [0.2, 0.25) is 0 Å². The molecule has 0 saturated carbocycles. The number of carbonyl (C=O) groups excluding carboxylic acids is 1. The van der Waals surface area contributed by atoms with Crippen molar-refractivity contribution in [2.75, 3.05) is 7.11 Å². The lowest BCUT2D eigenvalue weighted by molar-refractivity contribution is 0.0966. The fourth-order valence-electron chi connectivity index (χ4n) is 3.06. The van der Waals surface area contributed by atoms with E-state index in [1.54, 1.807) is 12.1 Å². The zero-order valence-corrected chi connectivity index (χ0v) is 12.4. The maximum absolute atomic E-state index is 14.6. The molecule has 0 unspecified atom stereocenters. The number of benzene rings is 2. The smallest absolute Gasteiger partial charge is 0.254 e. The third kappa shape index (κ3) is 1.97. The van der Waals surface area contributed by atoms with Gasteiger partial charge in [0.05, 0.1) is 36.0 Å². The Balaban J connectivity index is 2.20. The van der Waals surface area contributed by atoms with E-state index >= 15 is 0 Å². The first-order valence-corrected chi connectivity index (χ1v) is 7.23. The molecule has 2 aromatic carbocycles. The minimum Gasteiger partial charge on any atom is -0.496 e. The minimum atomic E-state index is -0.428. The highest BCUT2D eigenvalue weighted by Crippen LogP contribution is 2.40. The normalized spacial score (nSPS) is 13.0. The maximum atomic E-state index is 14.6. The quantitative estimate of drug-likeness (QED) is 0.790. The molecule has 0 aliphatic carbocycles. The largest absolute Gasteiger partial charge is 0.496 e. The Bertz CT molecular complexity index is 953. The van der Waals surface area contributed by atoms with Crippen LogP contribution >= 0.6 is 0 Å². The van der Waals surface area contributed by atoms with Gasteiger partial charge in [0, 0.05) is 10.9 Å². The number of methoxy groups -OCH3 is 1. The van der Waals surface area contributed by atoms with Crippen molar-refractivity contribution in [3.8, 4) is 16.9 Å². The third-order valence-electron chi connectivity index (χ3n) is 4.06. The van der Waals surface area contributed by atoms with Gasteiger partial charge in [-0.15, -0.1) is 0 Å². The lowest BCUT2D eigenvalue weighted by atomic mass is 9.93. The second-order valence-corrected chi connectivity index (χ2v) is 5.33. The summed E-state index contributed by atoms with van der Waals surface area (Å²) < 4.78 is 19.9. The molecule has 1 aliphatic heterocycles. The summed E-state index contributed by atoms with van der Waals surface area (Å²) >= 11 is 0. The molecular weight excluding hydrogens is 295 g/mol. The van der Waals surface area contributed by atoms with Gasteiger partial charge in [-0.05, 0) is 18.2 Å². The van der Waals surface area contributed by atoms with Crippen LogP contribution < -0.4 is 10.1 Å². The van der Waals surface area contributed by atoms with Gasteiger partial charge < -0.3 is 10.1 Å². The summed E-state index contributed by atoms with van der Waals surface area (Å²) in [4.78, 5) is 16.8. The molecule has 4 nitrogen and oxygen atoms in total. The van der Waals surface area contributed by atoms with Crippen molar-refractivity contribution in [2.45, 2.75) is 6.54 Å². The van der Waals surface area contributed by atoms with E-state index in [0.29, 0.717) is 34.7 Å². The number of aromatic nitrogens is 1. The number of nitrogens with zero attached hydrogens (tertiary/aromatic N) is 1. The van der Waals surface area contributed by atoms with Gasteiger partial charge in [0.1, 0.15) is 11.6 Å². The summed E-state index contributed by atoms with van der Waals surface area (Å²) in [6.07, 6.45) is 0. The van der Waals surface area contributed by atoms with E-state index in [9.17, 15) is 9.18 Å². The Morgan fingerprint density at radius 3 is 2.74 bits per heavy atom. The van der Waals surface area contributed by atoms with Gasteiger partial charge in [-0.1, -0.05) is 24.3 Å². The highest BCUT2D eigenvalue weighted by Gasteiger charge is 2.29. The van der Waals surface area contributed by atoms with Crippen LogP contribution in [-0.2, 0) is 6.54 Å². The second kappa shape index (κ2) is 5.05. The number of ether oxygens (including phenoxy) is 1. The molecule has 0 fully saturated rings. The molecule has 114 valence electrons. The first-order valence-electron chi connectivity index (χ1n) is 7.23. The van der Waals surface area contributed by atoms with Crippen molar-refractivity contribution in [3.05, 3.63) is 59.5 Å². The van der Waals surface area contributed by atoms with Gasteiger partial charge in [0.15, 0.2) is 0 Å². The molecule has 0 bridgehead atoms. The van der Waals surface area contributed by atoms with Crippen LogP contribution in [0.25, 0.3) is 22.0 Å². The number of halogens is 1. The van der Waals surface area contributed by atoms with Gasteiger partial charge in [-0.3, -0.25) is 9.78 Å². The van der Waals surface area contributed by atoms with Crippen LogP contribution in [0.15, 0.2) is 42.5 Å². The van der Waals surface area contributed by atoms with Crippen molar-refractivity contribution >= 4 is 16.8 Å². The number of para-hydroxylation sites is 1. The monoisotopic (exact) mass is 308 g/mol. The first-order chi connectivity index (χ1) is 11.2. The molecule has 0 saturated heterocycles. The highest BCUT2D eigenvalue weighted by molar-refractivity contribution is 6.12. The molecule has 3 aromatic rings. The van der Waals surface area contributed by atoms with E-state index < -0.39 is 5.82 Å². The predicted octanol–water partition coefficient (Wildman–Crippen LogP) is 3.29. The van der Waals surface area contributed by atoms with Crippen molar-refractivity contribution in [1.82, 2.24) is 10.3 Å². The molecule has 1 N–H and O–H groups in total. The van der Waals surface area contributed by atoms with Crippen LogP contribution in [0.1, 0.15) is 16.1 Å². The number of hydrogen-bond donors (Lipinski definition) is 1. The van der Waals surface area contributed by atoms with Gasteiger partial charge in [0.25, 0.3) is 5.91 Å². The van der Waals surface area contributed by atoms with E-state index in [-0.39, 0.29) is 5.91 Å². The summed E-state index contributed by atoms with van der Waals surface area (Å²) in [5, 5.41) is 3.49. The standard InChI is InChI=1S/C18H13FN2O2/c1-23-14-8-4-6-11(19)16(14)15-10-5-2-3-7-12(10)21-13-9-20-18(22)17(13)15/h2-8H,9H2,1H3,(H,20,22). The average Bonchev–Trinajstić information content (AvgIpc) is 2.94. The Kier molecular flexibility index (Phi) is 3.01. The molecule has 0 radical (unpaired) electrons. The predicted molar refractivity (Wildman–Crippen MR) is 84.9 cm³/mol. The molecule has 0 atom stereocenters. The van der Waals surface area contributed by atoms with Crippen LogP contribution in [0, 0.1) is 5.82 Å². The van der Waals surface area contributed by atoms with E-state index in [0.717, 1.165) is 10.9 Å². The maximum Gasteiger partial charge on any atom is 0.254 e. The lowest BCUT2D eigenvalue weighted by Crippen LogP contribution is -2.13. The number of amides is 1. The molecule has 4 rings (SSSR count). The zero-order valence-electron chi connectivity index (χ0n) is 12.4. The molecule has 1 aromatic heterocycles. The average molecular weight is 308 g/mol. The topological polar surface area (TPSA) is 51.2 Å². The molecular formula is C18H13FN2O2. The van der Waals surface area contributed by atoms with Crippen molar-refractivity contribution in [1.29, 1.82) is 0 Å². The van der Waals surface area contributed by atoms with E-state index in [2.05, 4.69) is 10.3 Å². The molecule has 5 heteroatoms. The number of carbonyl (C=O) groups is 1.